The van der Waals surface area contributed by atoms with Crippen molar-refractivity contribution in [2.45, 2.75) is 293 Å². The van der Waals surface area contributed by atoms with Gasteiger partial charge in [0.15, 0.2) is 12.6 Å². The highest BCUT2D eigenvalue weighted by atomic mass is 16.7. The van der Waals surface area contributed by atoms with Gasteiger partial charge in [-0.15, -0.1) is 0 Å². The van der Waals surface area contributed by atoms with Crippen LogP contribution in [0.15, 0.2) is 97.2 Å². The Hall–Kier alpha value is -3.09. The van der Waals surface area contributed by atoms with Crippen LogP contribution < -0.4 is 5.32 Å². The fourth-order valence-electron chi connectivity index (χ4n) is 9.78. The molecule has 80 heavy (non-hydrogen) atoms. The van der Waals surface area contributed by atoms with E-state index in [1.54, 1.807) is 0 Å². The minimum atomic E-state index is -1.79. The molecule has 2 aliphatic heterocycles. The summed E-state index contributed by atoms with van der Waals surface area (Å²) in [6, 6.07) is -0.839. The molecular weight excluding hydrogens is 1010 g/mol. The fourth-order valence-corrected chi connectivity index (χ4v) is 9.78. The van der Waals surface area contributed by atoms with Crippen LogP contribution in [0.1, 0.15) is 219 Å². The van der Waals surface area contributed by atoms with Gasteiger partial charge >= 0.3 is 0 Å². The molecule has 0 radical (unpaired) electrons. The molecule has 2 heterocycles. The molecule has 9 N–H and O–H groups in total. The first kappa shape index (κ1) is 73.0. The van der Waals surface area contributed by atoms with Gasteiger partial charge in [0, 0.05) is 6.42 Å². The molecule has 2 fully saturated rings. The molecule has 2 saturated heterocycles. The molecule has 0 bridgehead atoms. The summed E-state index contributed by atoms with van der Waals surface area (Å²) in [6.45, 7) is 2.73. The molecule has 0 aromatic rings. The highest BCUT2D eigenvalue weighted by molar-refractivity contribution is 5.76. The zero-order valence-electron chi connectivity index (χ0n) is 49.5. The van der Waals surface area contributed by atoms with Crippen molar-refractivity contribution in [2.75, 3.05) is 19.8 Å². The Balaban J connectivity index is 1.67. The van der Waals surface area contributed by atoms with Crippen molar-refractivity contribution in [1.82, 2.24) is 5.32 Å². The molecule has 0 aliphatic carbocycles. The second-order valence-electron chi connectivity index (χ2n) is 21.8. The number of aliphatic hydroxyl groups is 8. The van der Waals surface area contributed by atoms with E-state index in [4.69, 9.17) is 18.9 Å². The summed E-state index contributed by atoms with van der Waals surface area (Å²) >= 11 is 0. The molecule has 2 aliphatic rings. The lowest BCUT2D eigenvalue weighted by atomic mass is 9.97. The van der Waals surface area contributed by atoms with Crippen LogP contribution in [0.4, 0.5) is 0 Å². The second kappa shape index (κ2) is 50.4. The van der Waals surface area contributed by atoms with Crippen molar-refractivity contribution in [2.24, 2.45) is 0 Å². The van der Waals surface area contributed by atoms with Gasteiger partial charge < -0.3 is 65.1 Å². The monoisotopic (exact) mass is 1130 g/mol. The number of unbranched alkanes of at least 4 members (excludes halogenated alkanes) is 20. The molecule has 0 saturated carbocycles. The van der Waals surface area contributed by atoms with Crippen molar-refractivity contribution in [3.63, 3.8) is 0 Å². The van der Waals surface area contributed by atoms with E-state index in [9.17, 15) is 45.6 Å². The number of amides is 1. The van der Waals surface area contributed by atoms with Crippen LogP contribution in [0.3, 0.4) is 0 Å². The van der Waals surface area contributed by atoms with E-state index in [-0.39, 0.29) is 18.9 Å². The smallest absolute Gasteiger partial charge is 0.220 e. The Morgan fingerprint density at radius 2 is 0.863 bits per heavy atom. The quantitative estimate of drug-likeness (QED) is 0.0204. The zero-order valence-corrected chi connectivity index (χ0v) is 49.5. The van der Waals surface area contributed by atoms with E-state index < -0.39 is 86.8 Å². The summed E-state index contributed by atoms with van der Waals surface area (Å²) in [7, 11) is 0. The van der Waals surface area contributed by atoms with Crippen LogP contribution in [-0.2, 0) is 23.7 Å². The van der Waals surface area contributed by atoms with Crippen molar-refractivity contribution < 1.29 is 64.6 Å². The number of carbonyl (C=O) groups excluding carboxylic acids is 1. The predicted octanol–water partition coefficient (Wildman–Crippen LogP) is 11.4. The van der Waals surface area contributed by atoms with Crippen molar-refractivity contribution in [1.29, 1.82) is 0 Å². The van der Waals surface area contributed by atoms with Crippen LogP contribution in [0.2, 0.25) is 0 Å². The Morgan fingerprint density at radius 3 is 1.32 bits per heavy atom. The molecule has 2 rings (SSSR count). The molecule has 12 atom stereocenters. The molecule has 0 spiro atoms. The Kier molecular flexibility index (Phi) is 46.0. The van der Waals surface area contributed by atoms with Crippen LogP contribution in [-0.4, -0.2) is 140 Å². The predicted molar refractivity (Wildman–Crippen MR) is 323 cm³/mol. The molecule has 0 aromatic heterocycles. The maximum atomic E-state index is 13.3. The summed E-state index contributed by atoms with van der Waals surface area (Å²) in [6.07, 6.45) is 52.7. The topological polar surface area (TPSA) is 228 Å². The number of hydrogen-bond acceptors (Lipinski definition) is 13. The Bertz CT molecular complexity index is 1710. The Morgan fingerprint density at radius 1 is 0.463 bits per heavy atom. The van der Waals surface area contributed by atoms with Crippen LogP contribution in [0, 0.1) is 0 Å². The maximum absolute atomic E-state index is 13.3. The van der Waals surface area contributed by atoms with E-state index in [0.29, 0.717) is 12.8 Å². The highest BCUT2D eigenvalue weighted by Gasteiger charge is 2.51. The lowest BCUT2D eigenvalue weighted by molar-refractivity contribution is -0.359. The third-order valence-electron chi connectivity index (χ3n) is 14.8. The first-order chi connectivity index (χ1) is 39.1. The van der Waals surface area contributed by atoms with Gasteiger partial charge in [-0.1, -0.05) is 233 Å². The van der Waals surface area contributed by atoms with E-state index in [1.165, 1.54) is 83.5 Å². The molecule has 0 aromatic carbocycles. The van der Waals surface area contributed by atoms with Gasteiger partial charge in [-0.25, -0.2) is 0 Å². The van der Waals surface area contributed by atoms with E-state index in [0.717, 1.165) is 103 Å². The number of rotatable bonds is 49. The van der Waals surface area contributed by atoms with Gasteiger partial charge in [0.1, 0.15) is 48.8 Å². The van der Waals surface area contributed by atoms with Gasteiger partial charge in [-0.3, -0.25) is 4.79 Å². The summed E-state index contributed by atoms with van der Waals surface area (Å²) < 4.78 is 22.8. The first-order valence-electron chi connectivity index (χ1n) is 31.5. The average Bonchev–Trinajstić information content (AvgIpc) is 3.49. The van der Waals surface area contributed by atoms with Crippen LogP contribution >= 0.6 is 0 Å². The number of hydrogen-bond donors (Lipinski definition) is 9. The van der Waals surface area contributed by atoms with E-state index in [1.807, 2.05) is 0 Å². The second-order valence-corrected chi connectivity index (χ2v) is 21.8. The van der Waals surface area contributed by atoms with Crippen molar-refractivity contribution in [3.8, 4) is 0 Å². The van der Waals surface area contributed by atoms with Gasteiger partial charge in [0.2, 0.25) is 5.91 Å². The lowest BCUT2D eigenvalue weighted by Gasteiger charge is -2.46. The van der Waals surface area contributed by atoms with Gasteiger partial charge in [-0.2, -0.15) is 0 Å². The van der Waals surface area contributed by atoms with Gasteiger partial charge in [-0.05, 0) is 77.0 Å². The SMILES string of the molecule is CC/C=C\C/C=C\C/C=C\C/C=C\C/C=C\C/C=C\C/C=C\C/C=C\CCCCCCCCCCC(=O)NC(COC1OC(CO)C(OC2OC(CO)C(O)C(O)C2O)C(O)C1O)C(O)CCCCCCCCCCCCCCC. The number of aliphatic hydroxyl groups excluding tert-OH is 8. The summed E-state index contributed by atoms with van der Waals surface area (Å²) in [5.41, 5.74) is 0. The highest BCUT2D eigenvalue weighted by Crippen LogP contribution is 2.30. The van der Waals surface area contributed by atoms with Gasteiger partial charge in [0.05, 0.1) is 32.0 Å². The molecule has 12 unspecified atom stereocenters. The minimum Gasteiger partial charge on any atom is -0.394 e. The Labute approximate surface area is 483 Å². The number of nitrogens with one attached hydrogen (secondary N) is 1. The fraction of sp³-hybridized carbons (Fsp3) is 0.742. The number of carbonyl (C=O) groups is 1. The maximum Gasteiger partial charge on any atom is 0.220 e. The summed E-state index contributed by atoms with van der Waals surface area (Å²) in [4.78, 5) is 13.3. The minimum absolute atomic E-state index is 0.220. The normalized spacial score (nSPS) is 24.9. The summed E-state index contributed by atoms with van der Waals surface area (Å²) in [5.74, 6) is -0.220. The summed E-state index contributed by atoms with van der Waals surface area (Å²) in [5, 5.41) is 87.2. The van der Waals surface area contributed by atoms with E-state index >= 15 is 0 Å². The molecule has 1 amide bonds. The number of allylic oxidation sites excluding steroid dienone is 16. The lowest BCUT2D eigenvalue weighted by Crippen LogP contribution is -2.65. The molecular formula is C66H113NO13. The van der Waals surface area contributed by atoms with Crippen LogP contribution in [0.5, 0.6) is 0 Å². The third-order valence-corrected chi connectivity index (χ3v) is 14.8. The zero-order chi connectivity index (χ0) is 58.1. The largest absolute Gasteiger partial charge is 0.394 e. The third kappa shape index (κ3) is 35.1. The number of ether oxygens (including phenoxy) is 4. The molecule has 460 valence electrons. The van der Waals surface area contributed by atoms with Crippen molar-refractivity contribution >= 4 is 5.91 Å². The standard InChI is InChI=1S/C66H113NO13/c1-3-5-7-9-11-13-15-17-18-19-20-21-22-23-24-25-26-27-28-29-30-31-32-33-34-35-36-38-40-42-44-46-48-50-58(71)67-54(55(70)49-47-45-43-41-39-37-16-14-12-10-8-6-4-2)53-77-65-63(76)61(74)64(57(52-69)79-65)80-66-62(75)60(73)59(72)56(51-68)78-66/h5,7,11,13,17-18,20-21,23-24,26-27,29-30,32-33,54-57,59-66,68-70,72-76H,3-4,6,8-10,12,14-16,19,22,25,28,31,34-53H2,1-2H3,(H,67,71)/b7-5-,13-11-,18-17-,21-20-,24-23-,27-26-,30-29-,33-32-. The van der Waals surface area contributed by atoms with Gasteiger partial charge in [0.25, 0.3) is 0 Å². The van der Waals surface area contributed by atoms with Crippen molar-refractivity contribution in [3.05, 3.63) is 97.2 Å². The van der Waals surface area contributed by atoms with E-state index in [2.05, 4.69) is 116 Å². The average molecular weight is 1130 g/mol. The molecule has 14 heteroatoms. The molecule has 14 nitrogen and oxygen atoms in total. The first-order valence-corrected chi connectivity index (χ1v) is 31.5. The van der Waals surface area contributed by atoms with Crippen LogP contribution in [0.25, 0.3) is 0 Å².